The zero-order valence-corrected chi connectivity index (χ0v) is 34.8. The quantitative estimate of drug-likeness (QED) is 0.161. The van der Waals surface area contributed by atoms with Gasteiger partial charge in [0.05, 0.1) is 16.4 Å². The molecule has 0 N–H and O–H groups in total. The van der Waals surface area contributed by atoms with Gasteiger partial charge in [0, 0.05) is 53.8 Å². The predicted octanol–water partition coefficient (Wildman–Crippen LogP) is 10.4. The third-order valence-corrected chi connectivity index (χ3v) is 15.2. The molecule has 0 spiro atoms. The molecule has 0 fully saturated rings. The minimum Gasteiger partial charge on any atom is -0.457 e. The Morgan fingerprint density at radius 1 is 0.403 bits per heavy atom. The van der Waals surface area contributed by atoms with E-state index in [0.29, 0.717) is 0 Å². The fourth-order valence-corrected chi connectivity index (χ4v) is 13.0. The van der Waals surface area contributed by atoms with E-state index in [-0.39, 0.29) is 13.4 Å². The number of nitrogens with zero attached hydrogens (tertiary/aromatic N) is 2. The molecular weight excluding hydrogens is 794 g/mol. The van der Waals surface area contributed by atoms with Gasteiger partial charge in [0.2, 0.25) is 6.71 Å². The Morgan fingerprint density at radius 2 is 1.03 bits per heavy atom. The smallest absolute Gasteiger partial charge is 0.252 e. The van der Waals surface area contributed by atoms with E-state index in [4.69, 9.17) is 9.47 Å². The topological polar surface area (TPSA) is 26.6 Å². The van der Waals surface area contributed by atoms with Gasteiger partial charge in [-0.1, -0.05) is 150 Å². The largest absolute Gasteiger partial charge is 0.457 e. The molecule has 0 atom stereocenters. The fraction of sp³-hybridized carbons (Fsp3) is 0. The van der Waals surface area contributed by atoms with Gasteiger partial charge in [-0.3, -0.25) is 0 Å². The summed E-state index contributed by atoms with van der Waals surface area (Å²) in [6, 6.07) is 69.9. The molecule has 0 aliphatic carbocycles. The maximum absolute atomic E-state index is 7.00. The van der Waals surface area contributed by atoms with E-state index in [1.165, 1.54) is 80.2 Å². The van der Waals surface area contributed by atoms with E-state index in [1.807, 2.05) is 84.2 Å². The summed E-state index contributed by atoms with van der Waals surface area (Å²) in [5.74, 6) is 3.35. The number of aromatic nitrogens is 1. The van der Waals surface area contributed by atoms with Gasteiger partial charge in [-0.05, 0) is 94.6 Å². The average molecular weight is 827 g/mol. The first-order valence-corrected chi connectivity index (χ1v) is 22.7. The number of anilines is 3. The molecule has 0 bridgehead atoms. The molecule has 0 amide bonds. The molecule has 9 aromatic carbocycles. The second-order valence-electron chi connectivity index (χ2n) is 16.3. The van der Waals surface area contributed by atoms with E-state index in [2.05, 4.69) is 143 Å². The standard InChI is InChI=1S/C54H32B2N2O2S2/c1-4-16-33(17-5-1)57-43-26-14-11-23-38(43)55-40-30-41-48(62-50-29-36(59-34-18-6-2-7-19-34)28-49-53(50)56(41)39-24-12-15-27-47(39)61-49)32-44(40)58-42-25-13-10-22-37(42)51-46(31-45(57)52(55)54(51)58)60-35-20-8-3-9-21-35/h1-32H. The van der Waals surface area contributed by atoms with Crippen LogP contribution in [0, 0.1) is 0 Å². The molecule has 5 heterocycles. The molecule has 0 unspecified atom stereocenters. The molecule has 14 rings (SSSR count). The monoisotopic (exact) mass is 826 g/mol. The zero-order valence-electron chi connectivity index (χ0n) is 33.2. The number of rotatable bonds is 5. The van der Waals surface area contributed by atoms with Crippen LogP contribution >= 0.6 is 23.5 Å². The Bertz CT molecular complexity index is 3510. The van der Waals surface area contributed by atoms with Crippen molar-refractivity contribution in [3.05, 3.63) is 194 Å². The minimum atomic E-state index is -0.0210. The van der Waals surface area contributed by atoms with Crippen molar-refractivity contribution in [1.29, 1.82) is 0 Å². The van der Waals surface area contributed by atoms with Crippen LogP contribution in [0.4, 0.5) is 17.1 Å². The van der Waals surface area contributed by atoms with E-state index in [9.17, 15) is 0 Å². The second-order valence-corrected chi connectivity index (χ2v) is 18.5. The van der Waals surface area contributed by atoms with E-state index < -0.39 is 0 Å². The van der Waals surface area contributed by atoms with Crippen LogP contribution < -0.4 is 47.2 Å². The van der Waals surface area contributed by atoms with Crippen molar-refractivity contribution in [3.8, 4) is 28.7 Å². The van der Waals surface area contributed by atoms with Crippen LogP contribution in [-0.4, -0.2) is 18.0 Å². The van der Waals surface area contributed by atoms with E-state index >= 15 is 0 Å². The van der Waals surface area contributed by atoms with Gasteiger partial charge < -0.3 is 18.9 Å². The number of benzene rings is 9. The van der Waals surface area contributed by atoms with Gasteiger partial charge in [0.15, 0.2) is 0 Å². The number of hydrogen-bond acceptors (Lipinski definition) is 5. The van der Waals surface area contributed by atoms with Gasteiger partial charge in [0.1, 0.15) is 23.0 Å². The SMILES string of the molecule is c1ccc(Oc2cc3c4c(c2)Sc2cc5c(cc2B4c2ccccc2S3)B2c3ccccc3N(c3ccccc3)c3cc(Oc4ccccc4)c4c6ccccc6n-5c4c32)cc1. The lowest BCUT2D eigenvalue weighted by atomic mass is 9.31. The van der Waals surface area contributed by atoms with Gasteiger partial charge in [0.25, 0.3) is 6.71 Å². The summed E-state index contributed by atoms with van der Waals surface area (Å²) in [5.41, 5.74) is 15.0. The summed E-state index contributed by atoms with van der Waals surface area (Å²) in [4.78, 5) is 7.51. The lowest BCUT2D eigenvalue weighted by Crippen LogP contribution is -2.63. The highest BCUT2D eigenvalue weighted by Crippen LogP contribution is 2.48. The van der Waals surface area contributed by atoms with Crippen molar-refractivity contribution in [2.24, 2.45) is 0 Å². The Morgan fingerprint density at radius 3 is 1.82 bits per heavy atom. The Balaban J connectivity index is 1.07. The second kappa shape index (κ2) is 13.3. The van der Waals surface area contributed by atoms with Crippen molar-refractivity contribution in [2.75, 3.05) is 4.90 Å². The summed E-state index contributed by atoms with van der Waals surface area (Å²) in [7, 11) is 0. The first-order chi connectivity index (χ1) is 30.7. The van der Waals surface area contributed by atoms with Crippen LogP contribution in [0.1, 0.15) is 0 Å². The van der Waals surface area contributed by atoms with Gasteiger partial charge >= 0.3 is 0 Å². The Labute approximate surface area is 367 Å². The highest BCUT2D eigenvalue weighted by atomic mass is 32.2. The number of ether oxygens (including phenoxy) is 2. The third kappa shape index (κ3) is 4.96. The molecule has 10 aromatic rings. The number of hydrogen-bond donors (Lipinski definition) is 0. The maximum Gasteiger partial charge on any atom is 0.252 e. The molecule has 0 saturated heterocycles. The Hall–Kier alpha value is -6.99. The van der Waals surface area contributed by atoms with Crippen LogP contribution in [-0.2, 0) is 0 Å². The highest BCUT2D eigenvalue weighted by Gasteiger charge is 2.46. The van der Waals surface area contributed by atoms with Crippen LogP contribution in [0.2, 0.25) is 0 Å². The summed E-state index contributed by atoms with van der Waals surface area (Å²) in [5, 5.41) is 2.31. The molecule has 0 saturated carbocycles. The molecule has 0 radical (unpaired) electrons. The zero-order chi connectivity index (χ0) is 40.5. The fourth-order valence-electron chi connectivity index (χ4n) is 10.5. The summed E-state index contributed by atoms with van der Waals surface area (Å²) in [6.45, 7) is 0.0562. The molecule has 1 aromatic heterocycles. The lowest BCUT2D eigenvalue weighted by Gasteiger charge is -2.41. The molecule has 62 heavy (non-hydrogen) atoms. The molecule has 288 valence electrons. The molecule has 4 nitrogen and oxygen atoms in total. The summed E-state index contributed by atoms with van der Waals surface area (Å²) < 4.78 is 16.1. The van der Waals surface area contributed by atoms with Crippen molar-refractivity contribution in [3.63, 3.8) is 0 Å². The van der Waals surface area contributed by atoms with Crippen LogP contribution in [0.5, 0.6) is 23.0 Å². The van der Waals surface area contributed by atoms with Crippen LogP contribution in [0.25, 0.3) is 27.5 Å². The van der Waals surface area contributed by atoms with Crippen molar-refractivity contribution >= 4 is 109 Å². The van der Waals surface area contributed by atoms with Crippen LogP contribution in [0.3, 0.4) is 0 Å². The summed E-state index contributed by atoms with van der Waals surface area (Å²) >= 11 is 3.73. The first kappa shape index (κ1) is 34.7. The average Bonchev–Trinajstić information content (AvgIpc) is 3.67. The normalized spacial score (nSPS) is 13.6. The van der Waals surface area contributed by atoms with Gasteiger partial charge in [-0.2, -0.15) is 0 Å². The van der Waals surface area contributed by atoms with Gasteiger partial charge in [-0.15, -0.1) is 0 Å². The Kier molecular flexibility index (Phi) is 7.42. The van der Waals surface area contributed by atoms with E-state index in [0.717, 1.165) is 39.8 Å². The first-order valence-electron chi connectivity index (χ1n) is 21.1. The molecule has 4 aliphatic heterocycles. The molecule has 8 heteroatoms. The van der Waals surface area contributed by atoms with E-state index in [1.54, 1.807) is 0 Å². The maximum atomic E-state index is 7.00. The summed E-state index contributed by atoms with van der Waals surface area (Å²) in [6.07, 6.45) is 0. The third-order valence-electron chi connectivity index (χ3n) is 13.0. The van der Waals surface area contributed by atoms with Crippen molar-refractivity contribution in [1.82, 2.24) is 4.57 Å². The van der Waals surface area contributed by atoms with Crippen LogP contribution in [0.15, 0.2) is 214 Å². The van der Waals surface area contributed by atoms with Crippen molar-refractivity contribution in [2.45, 2.75) is 19.6 Å². The lowest BCUT2D eigenvalue weighted by molar-refractivity contribution is 0.480. The number of fused-ring (bicyclic) bond motifs is 12. The molecule has 4 aliphatic rings. The minimum absolute atomic E-state index is 0.0210. The van der Waals surface area contributed by atoms with Gasteiger partial charge in [-0.25, -0.2) is 0 Å². The highest BCUT2D eigenvalue weighted by molar-refractivity contribution is 8.01. The van der Waals surface area contributed by atoms with Crippen molar-refractivity contribution < 1.29 is 9.47 Å². The molecular formula is C54H32B2N2O2S2. The number of para-hydroxylation sites is 5. The predicted molar refractivity (Wildman–Crippen MR) is 259 cm³/mol.